The van der Waals surface area contributed by atoms with Crippen LogP contribution in [0, 0.1) is 0 Å². The van der Waals surface area contributed by atoms with E-state index in [4.69, 9.17) is 5.73 Å². The van der Waals surface area contributed by atoms with Crippen LogP contribution in [-0.4, -0.2) is 15.7 Å². The molecule has 0 saturated heterocycles. The minimum atomic E-state index is -4.16. The summed E-state index contributed by atoms with van der Waals surface area (Å²) < 4.78 is 37.1. The van der Waals surface area contributed by atoms with Gasteiger partial charge in [-0.15, -0.1) is 0 Å². The fourth-order valence-electron chi connectivity index (χ4n) is 1.08. The summed E-state index contributed by atoms with van der Waals surface area (Å²) in [5, 5.41) is 0. The lowest BCUT2D eigenvalue weighted by molar-refractivity contribution is -0.136. The summed E-state index contributed by atoms with van der Waals surface area (Å²) in [7, 11) is 0. The predicted molar refractivity (Wildman–Crippen MR) is 51.0 cm³/mol. The average molecular weight is 222 g/mol. The van der Waals surface area contributed by atoms with Crippen LogP contribution in [0.5, 0.6) is 0 Å². The minimum Gasteiger partial charge on any atom is -0.388 e. The number of hydrogen-bond donors (Lipinski definition) is 1. The van der Waals surface area contributed by atoms with E-state index >= 15 is 0 Å². The Morgan fingerprint density at radius 1 is 1.50 bits per heavy atom. The van der Waals surface area contributed by atoms with Gasteiger partial charge in [-0.3, -0.25) is 0 Å². The van der Waals surface area contributed by atoms with Gasteiger partial charge in [-0.2, -0.15) is 13.2 Å². The molecule has 0 bridgehead atoms. The molecular formula is C8H9F3N2S. The molecule has 2 N–H and O–H groups in total. The Morgan fingerprint density at radius 3 is 2.64 bits per heavy atom. The molecule has 1 aromatic rings. The Morgan fingerprint density at radius 2 is 2.14 bits per heavy atom. The highest BCUT2D eigenvalue weighted by Crippen LogP contribution is 2.20. The molecule has 0 atom stereocenters. The molecule has 1 heterocycles. The van der Waals surface area contributed by atoms with Crippen molar-refractivity contribution in [1.29, 1.82) is 0 Å². The molecule has 1 aromatic heterocycles. The monoisotopic (exact) mass is 222 g/mol. The van der Waals surface area contributed by atoms with E-state index in [-0.39, 0.29) is 11.5 Å². The molecule has 2 nitrogen and oxygen atoms in total. The Bertz CT molecular complexity index is 330. The van der Waals surface area contributed by atoms with Crippen LogP contribution < -0.4 is 5.73 Å². The van der Waals surface area contributed by atoms with Crippen LogP contribution in [0.3, 0.4) is 0 Å². The fourth-order valence-corrected chi connectivity index (χ4v) is 1.27. The first kappa shape index (κ1) is 11.0. The van der Waals surface area contributed by atoms with Gasteiger partial charge in [-0.25, -0.2) is 0 Å². The van der Waals surface area contributed by atoms with Gasteiger partial charge in [0.05, 0.1) is 12.1 Å². The van der Waals surface area contributed by atoms with Crippen molar-refractivity contribution in [3.05, 3.63) is 24.0 Å². The quantitative estimate of drug-likeness (QED) is 0.794. The molecule has 1 rings (SSSR count). The third-order valence-electron chi connectivity index (χ3n) is 1.72. The Balaban J connectivity index is 2.68. The van der Waals surface area contributed by atoms with Crippen LogP contribution in [0.15, 0.2) is 18.3 Å². The molecule has 0 amide bonds. The first-order valence-electron chi connectivity index (χ1n) is 3.92. The third kappa shape index (κ3) is 3.02. The van der Waals surface area contributed by atoms with Crippen LogP contribution in [0.25, 0.3) is 0 Å². The molecule has 0 spiro atoms. The molecule has 0 aliphatic carbocycles. The van der Waals surface area contributed by atoms with Crippen molar-refractivity contribution in [1.82, 2.24) is 4.57 Å². The average Bonchev–Trinajstić information content (AvgIpc) is 2.46. The number of halogens is 3. The van der Waals surface area contributed by atoms with Crippen LogP contribution in [0.4, 0.5) is 13.2 Å². The number of hydrogen-bond acceptors (Lipinski definition) is 1. The normalized spacial score (nSPS) is 11.6. The molecule has 0 unspecified atom stereocenters. The second-order valence-corrected chi connectivity index (χ2v) is 3.26. The van der Waals surface area contributed by atoms with E-state index in [1.54, 1.807) is 12.1 Å². The highest BCUT2D eigenvalue weighted by Gasteiger charge is 2.26. The lowest BCUT2D eigenvalue weighted by atomic mass is 10.4. The van der Waals surface area contributed by atoms with Crippen molar-refractivity contribution < 1.29 is 13.2 Å². The summed E-state index contributed by atoms with van der Waals surface area (Å²) in [5.41, 5.74) is 5.79. The van der Waals surface area contributed by atoms with Crippen molar-refractivity contribution in [3.8, 4) is 0 Å². The Labute approximate surface area is 84.5 Å². The van der Waals surface area contributed by atoms with Gasteiger partial charge < -0.3 is 10.3 Å². The van der Waals surface area contributed by atoms with E-state index < -0.39 is 12.6 Å². The van der Waals surface area contributed by atoms with Gasteiger partial charge in [-0.05, 0) is 12.1 Å². The first-order valence-corrected chi connectivity index (χ1v) is 4.32. The Kier molecular flexibility index (Phi) is 3.15. The maximum atomic E-state index is 11.9. The zero-order valence-electron chi connectivity index (χ0n) is 7.21. The molecular weight excluding hydrogens is 213 g/mol. The van der Waals surface area contributed by atoms with Crippen molar-refractivity contribution in [2.45, 2.75) is 19.1 Å². The molecule has 14 heavy (non-hydrogen) atoms. The molecule has 0 aliphatic rings. The first-order chi connectivity index (χ1) is 6.40. The SMILES string of the molecule is NC(=S)c1cccn1CCC(F)(F)F. The van der Waals surface area contributed by atoms with Crippen molar-refractivity contribution in [2.24, 2.45) is 5.73 Å². The number of alkyl halides is 3. The van der Waals surface area contributed by atoms with Gasteiger partial charge in [0.1, 0.15) is 4.99 Å². The maximum Gasteiger partial charge on any atom is 0.390 e. The number of aryl methyl sites for hydroxylation is 1. The fraction of sp³-hybridized carbons (Fsp3) is 0.375. The van der Waals surface area contributed by atoms with Crippen LogP contribution in [0.1, 0.15) is 12.1 Å². The zero-order valence-corrected chi connectivity index (χ0v) is 8.03. The molecule has 0 aromatic carbocycles. The number of nitrogens with two attached hydrogens (primary N) is 1. The minimum absolute atomic E-state index is 0.108. The summed E-state index contributed by atoms with van der Waals surface area (Å²) >= 11 is 4.69. The van der Waals surface area contributed by atoms with E-state index in [2.05, 4.69) is 12.2 Å². The van der Waals surface area contributed by atoms with Crippen molar-refractivity contribution in [3.63, 3.8) is 0 Å². The van der Waals surface area contributed by atoms with Gasteiger partial charge in [0.15, 0.2) is 0 Å². The molecule has 0 aliphatic heterocycles. The maximum absolute atomic E-state index is 11.9. The zero-order chi connectivity index (χ0) is 10.8. The Hall–Kier alpha value is -1.04. The van der Waals surface area contributed by atoms with Gasteiger partial charge in [0.2, 0.25) is 0 Å². The lowest BCUT2D eigenvalue weighted by Gasteiger charge is -2.09. The largest absolute Gasteiger partial charge is 0.390 e. The lowest BCUT2D eigenvalue weighted by Crippen LogP contribution is -2.18. The second-order valence-electron chi connectivity index (χ2n) is 2.82. The molecule has 6 heteroatoms. The summed E-state index contributed by atoms with van der Waals surface area (Å²) in [5.74, 6) is 0. The van der Waals surface area contributed by atoms with Gasteiger partial charge in [0.25, 0.3) is 0 Å². The van der Waals surface area contributed by atoms with Crippen LogP contribution in [0.2, 0.25) is 0 Å². The molecule has 0 fully saturated rings. The molecule has 78 valence electrons. The van der Waals surface area contributed by atoms with E-state index in [0.717, 1.165) is 0 Å². The van der Waals surface area contributed by atoms with Crippen LogP contribution in [-0.2, 0) is 6.54 Å². The van der Waals surface area contributed by atoms with Crippen molar-refractivity contribution >= 4 is 17.2 Å². The number of rotatable bonds is 3. The molecule has 0 saturated carbocycles. The predicted octanol–water partition coefficient (Wildman–Crippen LogP) is 2.07. The van der Waals surface area contributed by atoms with E-state index in [1.807, 2.05) is 0 Å². The van der Waals surface area contributed by atoms with Gasteiger partial charge in [-0.1, -0.05) is 12.2 Å². The van der Waals surface area contributed by atoms with E-state index in [0.29, 0.717) is 5.69 Å². The summed E-state index contributed by atoms with van der Waals surface area (Å²) in [4.78, 5) is 0.108. The van der Waals surface area contributed by atoms with Crippen molar-refractivity contribution in [2.75, 3.05) is 0 Å². The topological polar surface area (TPSA) is 30.9 Å². The second kappa shape index (κ2) is 4.00. The standard InChI is InChI=1S/C8H9F3N2S/c9-8(10,11)3-5-13-4-1-2-6(13)7(12)14/h1-2,4H,3,5H2,(H2,12,14). The number of nitrogens with zero attached hydrogens (tertiary/aromatic N) is 1. The third-order valence-corrected chi connectivity index (χ3v) is 1.93. The number of thiocarbonyl (C=S) groups is 1. The van der Waals surface area contributed by atoms with E-state index in [9.17, 15) is 13.2 Å². The summed E-state index contributed by atoms with van der Waals surface area (Å²) in [6, 6.07) is 3.21. The number of aromatic nitrogens is 1. The summed E-state index contributed by atoms with van der Waals surface area (Å²) in [6.07, 6.45) is -3.50. The highest BCUT2D eigenvalue weighted by atomic mass is 32.1. The van der Waals surface area contributed by atoms with E-state index in [1.165, 1.54) is 10.8 Å². The summed E-state index contributed by atoms with van der Waals surface area (Å²) in [6.45, 7) is -0.150. The van der Waals surface area contributed by atoms with Crippen LogP contribution >= 0.6 is 12.2 Å². The highest BCUT2D eigenvalue weighted by molar-refractivity contribution is 7.80. The van der Waals surface area contributed by atoms with Gasteiger partial charge in [0, 0.05) is 12.7 Å². The smallest absolute Gasteiger partial charge is 0.388 e. The van der Waals surface area contributed by atoms with Gasteiger partial charge >= 0.3 is 6.18 Å². The molecule has 0 radical (unpaired) electrons.